The summed E-state index contributed by atoms with van der Waals surface area (Å²) in [5.41, 5.74) is 5.76. The number of piperazine rings is 1. The molecule has 3 N–H and O–H groups in total. The maximum atomic E-state index is 12.8. The minimum Gasteiger partial charge on any atom is -0.506 e. The lowest BCUT2D eigenvalue weighted by Gasteiger charge is -2.34. The van der Waals surface area contributed by atoms with Crippen LogP contribution in [0.1, 0.15) is 0 Å². The van der Waals surface area contributed by atoms with Crippen LogP contribution in [0.25, 0.3) is 0 Å². The van der Waals surface area contributed by atoms with Crippen molar-refractivity contribution in [3.8, 4) is 5.75 Å². The van der Waals surface area contributed by atoms with Gasteiger partial charge in [-0.25, -0.2) is 0 Å². The van der Waals surface area contributed by atoms with Gasteiger partial charge in [0.2, 0.25) is 0 Å². The van der Waals surface area contributed by atoms with E-state index in [9.17, 15) is 9.90 Å². The Bertz CT molecular complexity index is 918. The van der Waals surface area contributed by atoms with Crippen LogP contribution in [-0.2, 0) is 4.79 Å². The largest absolute Gasteiger partial charge is 0.506 e. The molecule has 154 valence electrons. The predicted molar refractivity (Wildman–Crippen MR) is 119 cm³/mol. The molecule has 30 heavy (non-hydrogen) atoms. The Labute approximate surface area is 176 Å². The normalized spacial score (nSPS) is 14.3. The maximum Gasteiger partial charge on any atom is 0.293 e. The number of hydrazine groups is 1. The standard InChI is InChI=1S/C24H26N4O2/c29-23-14-8-7-13-22(23)27-17-15-26(16-18-27)19-24(30)25-28(20-9-3-1-4-10-20)21-11-5-2-6-12-21/h1-14,29H,15-19H2,(H,25,30)/p+1. The molecule has 0 radical (unpaired) electrons. The summed E-state index contributed by atoms with van der Waals surface area (Å²) >= 11 is 0. The number of para-hydroxylation sites is 4. The van der Waals surface area contributed by atoms with E-state index in [0.717, 1.165) is 43.2 Å². The smallest absolute Gasteiger partial charge is 0.293 e. The summed E-state index contributed by atoms with van der Waals surface area (Å²) in [5.74, 6) is 0.286. The van der Waals surface area contributed by atoms with Gasteiger partial charge in [0.1, 0.15) is 5.75 Å². The van der Waals surface area contributed by atoms with E-state index in [4.69, 9.17) is 0 Å². The van der Waals surface area contributed by atoms with E-state index in [2.05, 4.69) is 10.3 Å². The van der Waals surface area contributed by atoms with Crippen molar-refractivity contribution in [1.29, 1.82) is 0 Å². The molecular formula is C24H27N4O2+. The second-order valence-electron chi connectivity index (χ2n) is 7.44. The van der Waals surface area contributed by atoms with E-state index in [1.165, 1.54) is 4.90 Å². The van der Waals surface area contributed by atoms with Crippen LogP contribution in [0, 0.1) is 0 Å². The van der Waals surface area contributed by atoms with Crippen LogP contribution in [0.2, 0.25) is 0 Å². The molecule has 6 heteroatoms. The molecule has 1 aliphatic rings. The zero-order valence-electron chi connectivity index (χ0n) is 16.9. The Morgan fingerprint density at radius 1 is 0.867 bits per heavy atom. The Balaban J connectivity index is 1.37. The SMILES string of the molecule is O=C(C[NH+]1CCN(c2ccccc2O)CC1)NN(c1ccccc1)c1ccccc1. The quantitative estimate of drug-likeness (QED) is 0.551. The number of rotatable bonds is 6. The summed E-state index contributed by atoms with van der Waals surface area (Å²) in [6, 6.07) is 27.1. The van der Waals surface area contributed by atoms with Gasteiger partial charge >= 0.3 is 0 Å². The van der Waals surface area contributed by atoms with Gasteiger partial charge in [-0.05, 0) is 36.4 Å². The lowest BCUT2D eigenvalue weighted by molar-refractivity contribution is -0.892. The number of hydrogen-bond donors (Lipinski definition) is 3. The zero-order valence-corrected chi connectivity index (χ0v) is 16.9. The van der Waals surface area contributed by atoms with Crippen molar-refractivity contribution >= 4 is 23.0 Å². The molecule has 1 amide bonds. The lowest BCUT2D eigenvalue weighted by Crippen LogP contribution is -3.16. The third kappa shape index (κ3) is 4.72. The molecule has 0 spiro atoms. The summed E-state index contributed by atoms with van der Waals surface area (Å²) in [5, 5.41) is 11.9. The molecule has 6 nitrogen and oxygen atoms in total. The van der Waals surface area contributed by atoms with Crippen LogP contribution in [0.3, 0.4) is 0 Å². The Morgan fingerprint density at radius 3 is 1.97 bits per heavy atom. The summed E-state index contributed by atoms with van der Waals surface area (Å²) in [7, 11) is 0. The number of benzene rings is 3. The van der Waals surface area contributed by atoms with E-state index >= 15 is 0 Å². The molecule has 0 atom stereocenters. The number of amides is 1. The summed E-state index contributed by atoms with van der Waals surface area (Å²) in [6.45, 7) is 3.71. The van der Waals surface area contributed by atoms with Crippen molar-refractivity contribution in [2.24, 2.45) is 0 Å². The first-order valence-corrected chi connectivity index (χ1v) is 10.3. The highest BCUT2D eigenvalue weighted by Gasteiger charge is 2.24. The zero-order chi connectivity index (χ0) is 20.8. The number of nitrogens with zero attached hydrogens (tertiary/aromatic N) is 2. The Hall–Kier alpha value is -3.51. The van der Waals surface area contributed by atoms with Crippen LogP contribution in [-0.4, -0.2) is 43.7 Å². The molecule has 1 saturated heterocycles. The van der Waals surface area contributed by atoms with Gasteiger partial charge in [-0.15, -0.1) is 0 Å². The fourth-order valence-corrected chi connectivity index (χ4v) is 3.80. The topological polar surface area (TPSA) is 60.3 Å². The average molecular weight is 404 g/mol. The number of aromatic hydroxyl groups is 1. The van der Waals surface area contributed by atoms with Gasteiger partial charge in [0.15, 0.2) is 6.54 Å². The number of hydrogen-bond acceptors (Lipinski definition) is 4. The highest BCUT2D eigenvalue weighted by Crippen LogP contribution is 2.26. The van der Waals surface area contributed by atoms with E-state index in [1.807, 2.05) is 83.9 Å². The van der Waals surface area contributed by atoms with Gasteiger partial charge < -0.3 is 14.9 Å². The van der Waals surface area contributed by atoms with Gasteiger partial charge in [-0.1, -0.05) is 48.5 Å². The van der Waals surface area contributed by atoms with Crippen molar-refractivity contribution in [2.75, 3.05) is 42.6 Å². The molecule has 3 aromatic carbocycles. The van der Waals surface area contributed by atoms with Crippen LogP contribution >= 0.6 is 0 Å². The lowest BCUT2D eigenvalue weighted by atomic mass is 10.2. The van der Waals surface area contributed by atoms with Crippen molar-refractivity contribution in [3.05, 3.63) is 84.9 Å². The molecule has 0 unspecified atom stereocenters. The van der Waals surface area contributed by atoms with Crippen molar-refractivity contribution in [3.63, 3.8) is 0 Å². The predicted octanol–water partition coefficient (Wildman–Crippen LogP) is 1.97. The highest BCUT2D eigenvalue weighted by atomic mass is 16.3. The van der Waals surface area contributed by atoms with Crippen LogP contribution < -0.4 is 20.2 Å². The first-order chi connectivity index (χ1) is 14.7. The van der Waals surface area contributed by atoms with Gasteiger partial charge in [-0.2, -0.15) is 0 Å². The Kier molecular flexibility index (Phi) is 6.15. The average Bonchev–Trinajstić information content (AvgIpc) is 2.80. The molecule has 0 bridgehead atoms. The third-order valence-electron chi connectivity index (χ3n) is 5.37. The maximum absolute atomic E-state index is 12.8. The van der Waals surface area contributed by atoms with Crippen molar-refractivity contribution in [2.45, 2.75) is 0 Å². The number of anilines is 3. The van der Waals surface area contributed by atoms with Crippen LogP contribution in [0.4, 0.5) is 17.1 Å². The van der Waals surface area contributed by atoms with Crippen molar-refractivity contribution in [1.82, 2.24) is 5.43 Å². The molecule has 3 aromatic rings. The molecular weight excluding hydrogens is 376 g/mol. The second kappa shape index (κ2) is 9.33. The van der Waals surface area contributed by atoms with E-state index in [0.29, 0.717) is 12.3 Å². The summed E-state index contributed by atoms with van der Waals surface area (Å²) in [6.07, 6.45) is 0. The van der Waals surface area contributed by atoms with E-state index in [1.54, 1.807) is 6.07 Å². The molecule has 0 saturated carbocycles. The van der Waals surface area contributed by atoms with Gasteiger partial charge in [0, 0.05) is 0 Å². The minimum atomic E-state index is -0.0197. The van der Waals surface area contributed by atoms with Crippen LogP contribution in [0.5, 0.6) is 5.75 Å². The fraction of sp³-hybridized carbons (Fsp3) is 0.208. The van der Waals surface area contributed by atoms with E-state index < -0.39 is 0 Å². The number of phenolic OH excluding ortho intramolecular Hbond substituents is 1. The molecule has 1 heterocycles. The van der Waals surface area contributed by atoms with Crippen molar-refractivity contribution < 1.29 is 14.8 Å². The number of phenols is 1. The molecule has 1 aliphatic heterocycles. The first-order valence-electron chi connectivity index (χ1n) is 10.3. The van der Waals surface area contributed by atoms with Crippen LogP contribution in [0.15, 0.2) is 84.9 Å². The highest BCUT2D eigenvalue weighted by molar-refractivity contribution is 5.81. The summed E-state index contributed by atoms with van der Waals surface area (Å²) < 4.78 is 0. The molecule has 1 fully saturated rings. The third-order valence-corrected chi connectivity index (χ3v) is 5.37. The first kappa shape index (κ1) is 19.8. The second-order valence-corrected chi connectivity index (χ2v) is 7.44. The number of nitrogens with one attached hydrogen (secondary N) is 2. The number of quaternary nitrogens is 1. The van der Waals surface area contributed by atoms with Gasteiger partial charge in [-0.3, -0.25) is 15.2 Å². The Morgan fingerprint density at radius 2 is 1.40 bits per heavy atom. The molecule has 0 aliphatic carbocycles. The summed E-state index contributed by atoms with van der Waals surface area (Å²) in [4.78, 5) is 16.3. The number of carbonyl (C=O) groups excluding carboxylic acids is 1. The fourth-order valence-electron chi connectivity index (χ4n) is 3.80. The van der Waals surface area contributed by atoms with Gasteiger partial charge in [0.25, 0.3) is 5.91 Å². The minimum absolute atomic E-state index is 0.0197. The van der Waals surface area contributed by atoms with Gasteiger partial charge in [0.05, 0.1) is 43.2 Å². The molecule has 0 aromatic heterocycles. The monoisotopic (exact) mass is 403 g/mol. The molecule has 4 rings (SSSR count). The van der Waals surface area contributed by atoms with E-state index in [-0.39, 0.29) is 5.91 Å². The number of carbonyl (C=O) groups is 1.